The van der Waals surface area contributed by atoms with Gasteiger partial charge >= 0.3 is 17.9 Å². The lowest BCUT2D eigenvalue weighted by molar-refractivity contribution is -0.403. The molecule has 0 spiro atoms. The lowest BCUT2D eigenvalue weighted by atomic mass is 9.88. The van der Waals surface area contributed by atoms with Crippen LogP contribution in [0, 0.1) is 54.8 Å². The summed E-state index contributed by atoms with van der Waals surface area (Å²) in [5, 5.41) is 6.39. The fourth-order valence-corrected chi connectivity index (χ4v) is 8.94. The smallest absolute Gasteiger partial charge is 0.313 e. The lowest BCUT2D eigenvalue weighted by Crippen LogP contribution is -2.66. The number of esters is 3. The molecule has 0 aliphatic carbocycles. The first kappa shape index (κ1) is 66.8. The maximum absolute atomic E-state index is 12.7. The number of unbranched alkanes of at least 4 members (excludes halogenated alkanes) is 3. The summed E-state index contributed by atoms with van der Waals surface area (Å²) in [7, 11) is 0. The van der Waals surface area contributed by atoms with E-state index in [1.54, 1.807) is 13.8 Å². The number of hydrogen-bond donors (Lipinski definition) is 4. The molecule has 3 aromatic rings. The van der Waals surface area contributed by atoms with Crippen LogP contribution in [0.2, 0.25) is 0 Å². The summed E-state index contributed by atoms with van der Waals surface area (Å²) in [5.74, 6) is 3.61. The first-order valence-electron chi connectivity index (χ1n) is 27.9. The van der Waals surface area contributed by atoms with Gasteiger partial charge in [0.25, 0.3) is 0 Å². The monoisotopic (exact) mass is 1140 g/mol. The van der Waals surface area contributed by atoms with E-state index >= 15 is 0 Å². The average molecular weight is 1140 g/mol. The number of hydrogen-bond acceptors (Lipinski definition) is 14. The molecule has 4 saturated heterocycles. The predicted octanol–water partition coefficient (Wildman–Crippen LogP) is 4.41. The third-order valence-corrected chi connectivity index (χ3v) is 14.0. The summed E-state index contributed by atoms with van der Waals surface area (Å²) in [4.78, 5) is 129. The van der Waals surface area contributed by atoms with E-state index in [-0.39, 0.29) is 146 Å². The molecule has 440 valence electrons. The highest BCUT2D eigenvalue weighted by atomic mass is 16.6. The zero-order valence-electron chi connectivity index (χ0n) is 47.5. The molecule has 19 nitrogen and oxygen atoms in total. The summed E-state index contributed by atoms with van der Waals surface area (Å²) in [6.45, 7) is 5.35. The first-order valence-corrected chi connectivity index (χ1v) is 27.9. The molecular weight excluding hydrogens is 1060 g/mol. The largest absolute Gasteiger partial charge is 0.461 e. The number of quaternary nitrogens is 1. The van der Waals surface area contributed by atoms with Gasteiger partial charge in [0.15, 0.2) is 17.3 Å². The van der Waals surface area contributed by atoms with Crippen molar-refractivity contribution in [3.63, 3.8) is 0 Å². The SMILES string of the molecule is C#CCCCC(=O)NN1C(=O)CCC1=O.C#CCCCC(=O)N[C@@H](Cc1ccccc1)C(=O)C[C@@H]1C(=O)O[C@@H]1C.C#CCCCC(=O)N[C@@H](Cc1ccccc1)C(=O)C[C@@H]1C(=O)O[C@@H]1C.C[C@H]1OC(=O)[C@H]1CC(=O)[C@@H]([NH3+])Cc1ccccc1. The van der Waals surface area contributed by atoms with E-state index in [1.165, 1.54) is 0 Å². The number of carbonyl (C=O) groups is 11. The first-order chi connectivity index (χ1) is 39.7. The maximum Gasteiger partial charge on any atom is 0.313 e. The third kappa shape index (κ3) is 23.0. The topological polar surface area (TPSA) is 282 Å². The quantitative estimate of drug-likeness (QED) is 0.0271. The molecule has 5 amide bonds. The number of rotatable bonds is 27. The van der Waals surface area contributed by atoms with E-state index < -0.39 is 23.9 Å². The van der Waals surface area contributed by atoms with Crippen LogP contribution in [0.5, 0.6) is 0 Å². The molecule has 7 rings (SSSR count). The van der Waals surface area contributed by atoms with Crippen LogP contribution in [0.1, 0.15) is 127 Å². The van der Waals surface area contributed by atoms with Crippen molar-refractivity contribution in [1.82, 2.24) is 21.1 Å². The molecular formula is C64H76N5O14+. The van der Waals surface area contributed by atoms with Gasteiger partial charge in [-0.15, -0.1) is 37.0 Å². The molecule has 19 heteroatoms. The van der Waals surface area contributed by atoms with Gasteiger partial charge in [-0.05, 0) is 69.6 Å². The molecule has 4 aliphatic heterocycles. The van der Waals surface area contributed by atoms with Gasteiger partial charge in [-0.25, -0.2) is 0 Å². The minimum Gasteiger partial charge on any atom is -0.461 e. The number of terminal acetylenes is 3. The fourth-order valence-electron chi connectivity index (χ4n) is 8.94. The fraction of sp³-hybridized carbons (Fsp3) is 0.453. The van der Waals surface area contributed by atoms with E-state index in [0.717, 1.165) is 21.7 Å². The Kier molecular flexibility index (Phi) is 28.3. The molecule has 4 fully saturated rings. The standard InChI is InChI=1S/2C20H23NO4.C14H17NO3.C10H12N2O3/c2*1-3-4-6-11-19(23)21-17(12-15-9-7-5-8-10-15)18(22)13-16-14(2)25-20(16)24;1-9-11(14(17)18-9)8-13(16)12(15)7-10-5-3-2-4-6-10;1-2-3-4-5-8(13)11-12-9(14)6-7-10(12)15/h2*1,5,7-10,14,16-17H,4,6,11-13H2,2H3,(H,21,23);2-6,9,11-12H,7-8,15H2,1H3;1H,3-7H2,(H,11,13)/p+1/t2*14-,16+,17+;9-,11+,12+;/m111./s1. The Balaban J connectivity index is 0.000000242. The molecule has 0 unspecified atom stereocenters. The highest BCUT2D eigenvalue weighted by Crippen LogP contribution is 2.28. The van der Waals surface area contributed by atoms with Crippen LogP contribution in [0.15, 0.2) is 91.0 Å². The maximum atomic E-state index is 12.7. The summed E-state index contributed by atoms with van der Waals surface area (Å²) in [6.07, 6.45) is 21.0. The van der Waals surface area contributed by atoms with Gasteiger partial charge in [-0.3, -0.25) is 58.2 Å². The Labute approximate surface area is 485 Å². The van der Waals surface area contributed by atoms with Crippen molar-refractivity contribution in [2.75, 3.05) is 0 Å². The summed E-state index contributed by atoms with van der Waals surface area (Å²) >= 11 is 0. The molecule has 9 atom stereocenters. The summed E-state index contributed by atoms with van der Waals surface area (Å²) in [6, 6.07) is 27.1. The zero-order chi connectivity index (χ0) is 60.8. The van der Waals surface area contributed by atoms with Gasteiger partial charge in [0.05, 0.1) is 12.1 Å². The van der Waals surface area contributed by atoms with E-state index in [1.807, 2.05) is 97.9 Å². The second-order valence-corrected chi connectivity index (χ2v) is 20.6. The molecule has 83 heavy (non-hydrogen) atoms. The number of imide groups is 1. The molecule has 3 aromatic carbocycles. The molecule has 0 bridgehead atoms. The van der Waals surface area contributed by atoms with Gasteiger partial charge in [0.1, 0.15) is 42.1 Å². The number of Topliss-reactive ketones (excluding diaryl/α,β-unsaturated/α-hetero) is 3. The Bertz CT molecular complexity index is 2720. The highest BCUT2D eigenvalue weighted by Gasteiger charge is 2.44. The lowest BCUT2D eigenvalue weighted by Gasteiger charge is -2.32. The van der Waals surface area contributed by atoms with E-state index in [9.17, 15) is 52.7 Å². The summed E-state index contributed by atoms with van der Waals surface area (Å²) in [5.41, 5.74) is 9.16. The number of amides is 5. The molecule has 0 aromatic heterocycles. The van der Waals surface area contributed by atoms with Crippen LogP contribution in [-0.2, 0) is 86.2 Å². The van der Waals surface area contributed by atoms with Crippen LogP contribution in [0.3, 0.4) is 0 Å². The predicted molar refractivity (Wildman–Crippen MR) is 304 cm³/mol. The van der Waals surface area contributed by atoms with Crippen molar-refractivity contribution >= 4 is 64.8 Å². The number of nitrogens with one attached hydrogen (secondary N) is 3. The number of ketones is 3. The number of cyclic esters (lactones) is 3. The highest BCUT2D eigenvalue weighted by molar-refractivity contribution is 6.03. The van der Waals surface area contributed by atoms with Crippen molar-refractivity contribution in [3.05, 3.63) is 108 Å². The molecule has 0 saturated carbocycles. The Morgan fingerprint density at radius 1 is 0.506 bits per heavy atom. The Morgan fingerprint density at radius 3 is 1.13 bits per heavy atom. The van der Waals surface area contributed by atoms with Gasteiger partial charge in [0, 0.05) is 77.0 Å². The van der Waals surface area contributed by atoms with Crippen molar-refractivity contribution in [3.8, 4) is 37.0 Å². The van der Waals surface area contributed by atoms with Crippen molar-refractivity contribution in [2.45, 2.75) is 166 Å². The zero-order valence-corrected chi connectivity index (χ0v) is 47.5. The van der Waals surface area contributed by atoms with Crippen LogP contribution in [-0.4, -0.2) is 106 Å². The number of nitrogens with zero attached hydrogens (tertiary/aromatic N) is 1. The third-order valence-electron chi connectivity index (χ3n) is 14.0. The van der Waals surface area contributed by atoms with E-state index in [4.69, 9.17) is 33.5 Å². The number of hydrazine groups is 1. The van der Waals surface area contributed by atoms with Crippen LogP contribution in [0.4, 0.5) is 0 Å². The second kappa shape index (κ2) is 35.2. The van der Waals surface area contributed by atoms with Crippen molar-refractivity contribution < 1.29 is 72.7 Å². The average Bonchev–Trinajstić information content (AvgIpc) is 4.05. The minimum absolute atomic E-state index is 0.0346. The van der Waals surface area contributed by atoms with Gasteiger partial charge < -0.3 is 30.6 Å². The molecule has 6 N–H and O–H groups in total. The van der Waals surface area contributed by atoms with Crippen LogP contribution >= 0.6 is 0 Å². The van der Waals surface area contributed by atoms with E-state index in [0.29, 0.717) is 57.8 Å². The Morgan fingerprint density at radius 2 is 0.819 bits per heavy atom. The van der Waals surface area contributed by atoms with Crippen molar-refractivity contribution in [2.24, 2.45) is 17.8 Å². The normalized spacial score (nSPS) is 20.0. The van der Waals surface area contributed by atoms with Crippen LogP contribution in [0.25, 0.3) is 0 Å². The van der Waals surface area contributed by atoms with Gasteiger partial charge in [-0.2, -0.15) is 5.01 Å². The number of ether oxygens (including phenoxy) is 3. The molecule has 0 radical (unpaired) electrons. The molecule has 4 heterocycles. The number of carbonyl (C=O) groups excluding carboxylic acids is 11. The Hall–Kier alpha value is -8.73. The van der Waals surface area contributed by atoms with E-state index in [2.05, 4.69) is 39.6 Å². The number of benzene rings is 3. The van der Waals surface area contributed by atoms with Gasteiger partial charge in [-0.1, -0.05) is 91.0 Å². The molecule has 4 aliphatic rings. The summed E-state index contributed by atoms with van der Waals surface area (Å²) < 4.78 is 14.6. The second-order valence-electron chi connectivity index (χ2n) is 20.6. The minimum atomic E-state index is -0.652. The van der Waals surface area contributed by atoms with Gasteiger partial charge in [0.2, 0.25) is 29.5 Å². The van der Waals surface area contributed by atoms with Crippen molar-refractivity contribution in [1.29, 1.82) is 0 Å². The van der Waals surface area contributed by atoms with Crippen LogP contribution < -0.4 is 21.8 Å².